The van der Waals surface area contributed by atoms with Crippen molar-refractivity contribution >= 4 is 144 Å². The summed E-state index contributed by atoms with van der Waals surface area (Å²) in [5.41, 5.74) is 0. The lowest BCUT2D eigenvalue weighted by Crippen LogP contribution is -2.10. The number of ether oxygens (including phenoxy) is 8. The number of rotatable bonds is 2. The minimum Gasteiger partial charge on any atom is -0.457 e. The number of thiocarbonyl (C=S) groups is 2. The van der Waals surface area contributed by atoms with Gasteiger partial charge in [0.2, 0.25) is 0 Å². The summed E-state index contributed by atoms with van der Waals surface area (Å²) in [6.07, 6.45) is -9.46. The van der Waals surface area contributed by atoms with Crippen LogP contribution in [-0.2, 0) is 37.9 Å². The van der Waals surface area contributed by atoms with Crippen LogP contribution in [0.15, 0.2) is 0 Å². The van der Waals surface area contributed by atoms with Crippen LogP contribution in [-0.4, -0.2) is 112 Å². The third kappa shape index (κ3) is 90.0. The highest BCUT2D eigenvalue weighted by molar-refractivity contribution is 7.96. The molecule has 0 aromatic heterocycles. The van der Waals surface area contributed by atoms with Crippen LogP contribution < -0.4 is 0 Å². The molecular formula is C16H20O24S6. The minimum atomic E-state index is -1.64. The molecule has 0 atom stereocenters. The predicted octanol–water partition coefficient (Wildman–Crippen LogP) is 4.93. The largest absolute Gasteiger partial charge is 0.514 e. The van der Waals surface area contributed by atoms with Gasteiger partial charge in [-0.3, -0.25) is 0 Å². The van der Waals surface area contributed by atoms with Crippen molar-refractivity contribution in [2.75, 3.05) is 13.2 Å². The maximum absolute atomic E-state index is 9.69. The monoisotopic (exact) mass is 788 g/mol. The number of carbonyl (C=O) groups excluding carboxylic acids is 4. The second kappa shape index (κ2) is 36.7. The van der Waals surface area contributed by atoms with Crippen molar-refractivity contribution in [3.63, 3.8) is 0 Å². The molecule has 0 aliphatic rings. The van der Waals surface area contributed by atoms with Crippen LogP contribution in [0.4, 0.5) is 47.9 Å². The molecule has 0 unspecified atom stereocenters. The van der Waals surface area contributed by atoms with E-state index in [9.17, 15) is 47.9 Å². The van der Waals surface area contributed by atoms with Gasteiger partial charge in [0.25, 0.3) is 0 Å². The van der Waals surface area contributed by atoms with E-state index in [1.165, 1.54) is 0 Å². The zero-order valence-corrected chi connectivity index (χ0v) is 27.3. The molecular weight excluding hydrogens is 769 g/mol. The van der Waals surface area contributed by atoms with E-state index in [1.807, 2.05) is 0 Å². The second-order valence-corrected chi connectivity index (χ2v) is 6.76. The summed E-state index contributed by atoms with van der Waals surface area (Å²) in [5.74, 6) is 0. The highest BCUT2D eigenvalue weighted by Crippen LogP contribution is 1.87. The Morgan fingerprint density at radius 2 is 0.565 bits per heavy atom. The maximum Gasteiger partial charge on any atom is 0.514 e. The SMILES string of the molecule is CCOC(=S)OC(=O)O.CCOC(=S)OC(=O)O.O=C(O)OC(=O)S.O=C(O)OC(=O)S.O=C(O)OC(=O)S.O=C(O)OC(=O)S. The Bertz CT molecular complexity index is 877. The Labute approximate surface area is 286 Å². The standard InChI is InChI=1S/2C4H6O4S.4C2H2O4S/c2*1-2-7-4(9)8-3(5)6;4*3-1(4)6-2(5)7/h2*2H2,1H3,(H,5,6);4*(H,3,4)(H,5,7). The first-order chi connectivity index (χ1) is 20.8. The smallest absolute Gasteiger partial charge is 0.457 e. The van der Waals surface area contributed by atoms with E-state index in [1.54, 1.807) is 13.8 Å². The van der Waals surface area contributed by atoms with Crippen LogP contribution in [0.25, 0.3) is 0 Å². The van der Waals surface area contributed by atoms with E-state index in [0.29, 0.717) is 13.2 Å². The van der Waals surface area contributed by atoms with Gasteiger partial charge in [-0.1, -0.05) is 50.5 Å². The number of carbonyl (C=O) groups is 10. The van der Waals surface area contributed by atoms with Crippen LogP contribution in [0.5, 0.6) is 0 Å². The summed E-state index contributed by atoms with van der Waals surface area (Å²) >= 11 is 20.6. The fraction of sp³-hybridized carbons (Fsp3) is 0.250. The zero-order chi connectivity index (χ0) is 38.0. The third-order valence-corrected chi connectivity index (χ3v) is 2.33. The van der Waals surface area contributed by atoms with E-state index in [-0.39, 0.29) is 10.5 Å². The second-order valence-electron chi connectivity index (χ2n) is 4.64. The molecule has 0 aromatic carbocycles. The van der Waals surface area contributed by atoms with E-state index < -0.39 is 58.1 Å². The van der Waals surface area contributed by atoms with Crippen molar-refractivity contribution in [3.8, 4) is 0 Å². The predicted molar refractivity (Wildman–Crippen MR) is 161 cm³/mol. The molecule has 0 fully saturated rings. The quantitative estimate of drug-likeness (QED) is 0.0582. The third-order valence-electron chi connectivity index (χ3n) is 1.56. The van der Waals surface area contributed by atoms with Crippen molar-refractivity contribution in [1.82, 2.24) is 0 Å². The van der Waals surface area contributed by atoms with Crippen molar-refractivity contribution in [1.29, 1.82) is 0 Å². The Morgan fingerprint density at radius 1 is 0.413 bits per heavy atom. The maximum atomic E-state index is 9.69. The van der Waals surface area contributed by atoms with Gasteiger partial charge in [-0.25, -0.2) is 47.9 Å². The lowest BCUT2D eigenvalue weighted by molar-refractivity contribution is 0.119. The molecule has 0 amide bonds. The minimum absolute atomic E-state index is 0.312. The van der Waals surface area contributed by atoms with Crippen LogP contribution in [0.2, 0.25) is 0 Å². The number of hydrogen-bond acceptors (Lipinski definition) is 20. The van der Waals surface area contributed by atoms with Gasteiger partial charge in [-0.2, -0.15) is 0 Å². The molecule has 6 N–H and O–H groups in total. The molecule has 0 bridgehead atoms. The summed E-state index contributed by atoms with van der Waals surface area (Å²) < 4.78 is 30.4. The Balaban J connectivity index is -0.000000105. The number of thiol groups is 4. The lowest BCUT2D eigenvalue weighted by Gasteiger charge is -1.99. The molecule has 0 saturated heterocycles. The van der Waals surface area contributed by atoms with E-state index in [4.69, 9.17) is 30.6 Å². The molecule has 0 spiro atoms. The first-order valence-corrected chi connectivity index (χ1v) is 12.1. The highest BCUT2D eigenvalue weighted by Gasteiger charge is 2.03. The van der Waals surface area contributed by atoms with Crippen LogP contribution in [0.3, 0.4) is 0 Å². The van der Waals surface area contributed by atoms with Gasteiger partial charge in [0.05, 0.1) is 13.2 Å². The van der Waals surface area contributed by atoms with E-state index in [2.05, 4.69) is 113 Å². The Hall–Kier alpha value is -4.52. The molecule has 264 valence electrons. The Morgan fingerprint density at radius 3 is 0.630 bits per heavy atom. The molecule has 0 aliphatic heterocycles. The molecule has 30 heteroatoms. The van der Waals surface area contributed by atoms with Crippen molar-refractivity contribution in [3.05, 3.63) is 0 Å². The van der Waals surface area contributed by atoms with Crippen molar-refractivity contribution < 1.29 is 116 Å². The van der Waals surface area contributed by atoms with Gasteiger partial charge in [0.1, 0.15) is 0 Å². The van der Waals surface area contributed by atoms with Crippen LogP contribution in [0, 0.1) is 0 Å². The van der Waals surface area contributed by atoms with E-state index >= 15 is 0 Å². The number of carboxylic acid groups (broad SMARTS) is 6. The fourth-order valence-electron chi connectivity index (χ4n) is 0.736. The molecule has 0 heterocycles. The summed E-state index contributed by atoms with van der Waals surface area (Å²) in [5, 5.41) is 41.0. The normalized spacial score (nSPS) is 7.78. The summed E-state index contributed by atoms with van der Waals surface area (Å²) in [6.45, 7) is 3.98. The zero-order valence-electron chi connectivity index (χ0n) is 22.1. The fourth-order valence-corrected chi connectivity index (χ4v) is 1.43. The molecule has 0 aromatic rings. The van der Waals surface area contributed by atoms with Crippen LogP contribution in [0.1, 0.15) is 13.8 Å². The van der Waals surface area contributed by atoms with Gasteiger partial charge in [0.15, 0.2) is 0 Å². The first kappa shape index (κ1) is 54.0. The Kier molecular flexibility index (Phi) is 43.0. The topological polar surface area (TPSA) is 366 Å². The average molecular weight is 789 g/mol. The molecule has 0 rings (SSSR count). The molecule has 0 radical (unpaired) electrons. The lowest BCUT2D eigenvalue weighted by atomic mass is 10.9. The van der Waals surface area contributed by atoms with Gasteiger partial charge in [-0.15, -0.1) is 0 Å². The highest BCUT2D eigenvalue weighted by atomic mass is 32.1. The van der Waals surface area contributed by atoms with Gasteiger partial charge >= 0.3 is 68.6 Å². The first-order valence-electron chi connectivity index (χ1n) is 9.53. The summed E-state index contributed by atoms with van der Waals surface area (Å²) in [4.78, 5) is 94.7. The summed E-state index contributed by atoms with van der Waals surface area (Å²) in [7, 11) is 0. The van der Waals surface area contributed by atoms with Gasteiger partial charge in [-0.05, 0) is 13.8 Å². The van der Waals surface area contributed by atoms with E-state index in [0.717, 1.165) is 0 Å². The molecule has 24 nitrogen and oxygen atoms in total. The van der Waals surface area contributed by atoms with Crippen LogP contribution >= 0.6 is 75.0 Å². The van der Waals surface area contributed by atoms with Crippen molar-refractivity contribution in [2.24, 2.45) is 0 Å². The van der Waals surface area contributed by atoms with Gasteiger partial charge < -0.3 is 68.5 Å². The average Bonchev–Trinajstić information content (AvgIpc) is 2.76. The summed E-state index contributed by atoms with van der Waals surface area (Å²) in [6, 6.07) is 0. The molecule has 0 aliphatic carbocycles. The van der Waals surface area contributed by atoms with Crippen molar-refractivity contribution in [2.45, 2.75) is 13.8 Å². The van der Waals surface area contributed by atoms with Gasteiger partial charge in [0, 0.05) is 24.4 Å². The molecule has 0 saturated carbocycles. The molecule has 46 heavy (non-hydrogen) atoms. The number of hydrogen-bond donors (Lipinski definition) is 10.